The Balaban J connectivity index is 1.66. The van der Waals surface area contributed by atoms with E-state index >= 15 is 0 Å². The molecule has 0 N–H and O–H groups in total. The van der Waals surface area contributed by atoms with Gasteiger partial charge in [-0.25, -0.2) is 19.2 Å². The van der Waals surface area contributed by atoms with Crippen LogP contribution < -0.4 is 0 Å². The standard InChI is InChI=1S/C18H16N8/c1-12-8-9-20-25(12)13(2)16-22-18-15-10-21-26(14-6-4-3-5-7-14)17(15)19-11-24(18)23-16/h3-11,13H,1-2H3/t13-/m1/s1. The summed E-state index contributed by atoms with van der Waals surface area (Å²) in [5.74, 6) is 0.693. The van der Waals surface area contributed by atoms with Gasteiger partial charge in [-0.15, -0.1) is 5.10 Å². The SMILES string of the molecule is Cc1ccnn1[C@H](C)c1nc2c3cnn(-c4ccccc4)c3ncn2n1. The molecule has 0 aliphatic carbocycles. The van der Waals surface area contributed by atoms with Crippen LogP contribution in [0.5, 0.6) is 0 Å². The third-order valence-corrected chi connectivity index (χ3v) is 4.53. The van der Waals surface area contributed by atoms with Gasteiger partial charge in [-0.1, -0.05) is 18.2 Å². The zero-order valence-corrected chi connectivity index (χ0v) is 14.4. The van der Waals surface area contributed by atoms with E-state index < -0.39 is 0 Å². The summed E-state index contributed by atoms with van der Waals surface area (Å²) in [5, 5.41) is 14.3. The van der Waals surface area contributed by atoms with Crippen molar-refractivity contribution in [3.05, 3.63) is 66.6 Å². The molecule has 1 aromatic carbocycles. The maximum absolute atomic E-state index is 4.74. The number of fused-ring (bicyclic) bond motifs is 3. The Labute approximate surface area is 148 Å². The molecule has 0 aliphatic rings. The zero-order chi connectivity index (χ0) is 17.7. The highest BCUT2D eigenvalue weighted by atomic mass is 15.4. The monoisotopic (exact) mass is 344 g/mol. The Bertz CT molecular complexity index is 1210. The van der Waals surface area contributed by atoms with Crippen LogP contribution in [0.4, 0.5) is 0 Å². The van der Waals surface area contributed by atoms with Crippen molar-refractivity contribution in [3.8, 4) is 5.69 Å². The van der Waals surface area contributed by atoms with Crippen molar-refractivity contribution in [2.75, 3.05) is 0 Å². The minimum atomic E-state index is -0.0656. The molecule has 5 rings (SSSR count). The van der Waals surface area contributed by atoms with Crippen LogP contribution >= 0.6 is 0 Å². The van der Waals surface area contributed by atoms with Crippen molar-refractivity contribution in [1.82, 2.24) is 39.1 Å². The van der Waals surface area contributed by atoms with E-state index in [1.54, 1.807) is 23.2 Å². The summed E-state index contributed by atoms with van der Waals surface area (Å²) < 4.78 is 5.42. The van der Waals surface area contributed by atoms with Crippen molar-refractivity contribution in [2.24, 2.45) is 0 Å². The predicted molar refractivity (Wildman–Crippen MR) is 96.2 cm³/mol. The minimum absolute atomic E-state index is 0.0656. The highest BCUT2D eigenvalue weighted by Gasteiger charge is 2.18. The van der Waals surface area contributed by atoms with Gasteiger partial charge in [0.2, 0.25) is 0 Å². The number of para-hydroxylation sites is 1. The maximum atomic E-state index is 4.74. The van der Waals surface area contributed by atoms with Gasteiger partial charge in [-0.3, -0.25) is 4.68 Å². The number of aromatic nitrogens is 8. The Kier molecular flexibility index (Phi) is 3.11. The van der Waals surface area contributed by atoms with Crippen molar-refractivity contribution in [1.29, 1.82) is 0 Å². The first-order valence-corrected chi connectivity index (χ1v) is 8.37. The number of rotatable bonds is 3. The van der Waals surface area contributed by atoms with E-state index in [1.807, 2.05) is 59.6 Å². The predicted octanol–water partition coefficient (Wildman–Crippen LogP) is 2.58. The van der Waals surface area contributed by atoms with E-state index in [1.165, 1.54) is 0 Å². The van der Waals surface area contributed by atoms with Crippen LogP contribution in [0.1, 0.15) is 24.5 Å². The van der Waals surface area contributed by atoms with Crippen LogP contribution in [0.15, 0.2) is 55.1 Å². The molecule has 0 aliphatic heterocycles. The number of aryl methyl sites for hydroxylation is 1. The first-order valence-electron chi connectivity index (χ1n) is 8.37. The van der Waals surface area contributed by atoms with Gasteiger partial charge in [0.15, 0.2) is 17.1 Å². The van der Waals surface area contributed by atoms with Crippen LogP contribution in [0.25, 0.3) is 22.4 Å². The van der Waals surface area contributed by atoms with Gasteiger partial charge < -0.3 is 0 Å². The van der Waals surface area contributed by atoms with Gasteiger partial charge in [0.25, 0.3) is 0 Å². The number of benzene rings is 1. The quantitative estimate of drug-likeness (QED) is 0.503. The third-order valence-electron chi connectivity index (χ3n) is 4.53. The Morgan fingerprint density at radius 1 is 1.00 bits per heavy atom. The van der Waals surface area contributed by atoms with E-state index in [0.29, 0.717) is 5.82 Å². The normalized spacial score (nSPS) is 12.8. The van der Waals surface area contributed by atoms with Crippen molar-refractivity contribution in [3.63, 3.8) is 0 Å². The molecule has 0 bridgehead atoms. The number of hydrogen-bond donors (Lipinski definition) is 0. The van der Waals surface area contributed by atoms with Gasteiger partial charge in [-0.05, 0) is 32.0 Å². The summed E-state index contributed by atoms with van der Waals surface area (Å²) in [5.41, 5.74) is 3.52. The molecule has 26 heavy (non-hydrogen) atoms. The van der Waals surface area contributed by atoms with E-state index in [0.717, 1.165) is 28.1 Å². The largest absolute Gasteiger partial charge is 0.259 e. The fourth-order valence-corrected chi connectivity index (χ4v) is 3.17. The fraction of sp³-hybridized carbons (Fsp3) is 0.167. The molecule has 4 aromatic heterocycles. The van der Waals surface area contributed by atoms with E-state index in [-0.39, 0.29) is 6.04 Å². The zero-order valence-electron chi connectivity index (χ0n) is 14.4. The van der Waals surface area contributed by atoms with Crippen molar-refractivity contribution < 1.29 is 0 Å². The molecule has 8 heteroatoms. The van der Waals surface area contributed by atoms with Crippen molar-refractivity contribution >= 4 is 16.7 Å². The minimum Gasteiger partial charge on any atom is -0.259 e. The second-order valence-corrected chi connectivity index (χ2v) is 6.21. The number of hydrogen-bond acceptors (Lipinski definition) is 5. The third kappa shape index (κ3) is 2.12. The van der Waals surface area contributed by atoms with Gasteiger partial charge in [0.1, 0.15) is 12.4 Å². The molecule has 0 amide bonds. The summed E-state index contributed by atoms with van der Waals surface area (Å²) in [7, 11) is 0. The Morgan fingerprint density at radius 3 is 2.62 bits per heavy atom. The van der Waals surface area contributed by atoms with Crippen LogP contribution in [-0.2, 0) is 0 Å². The second kappa shape index (κ2) is 5.48. The molecule has 4 heterocycles. The first-order chi connectivity index (χ1) is 12.7. The molecule has 1 atom stereocenters. The molecule has 0 fully saturated rings. The highest BCUT2D eigenvalue weighted by Crippen LogP contribution is 2.22. The van der Waals surface area contributed by atoms with Crippen LogP contribution in [-0.4, -0.2) is 39.1 Å². The lowest BCUT2D eigenvalue weighted by Gasteiger charge is -2.09. The molecule has 5 aromatic rings. The molecule has 0 saturated heterocycles. The van der Waals surface area contributed by atoms with E-state index in [9.17, 15) is 0 Å². The van der Waals surface area contributed by atoms with E-state index in [2.05, 4.69) is 20.3 Å². The smallest absolute Gasteiger partial charge is 0.176 e. The molecular formula is C18H16N8. The van der Waals surface area contributed by atoms with Gasteiger partial charge in [0, 0.05) is 11.9 Å². The van der Waals surface area contributed by atoms with Gasteiger partial charge >= 0.3 is 0 Å². The summed E-state index contributed by atoms with van der Waals surface area (Å²) in [6.45, 7) is 4.05. The molecule has 0 radical (unpaired) electrons. The van der Waals surface area contributed by atoms with E-state index in [4.69, 9.17) is 4.98 Å². The summed E-state index contributed by atoms with van der Waals surface area (Å²) in [6, 6.07) is 11.8. The Hall–Kier alpha value is -3.55. The lowest BCUT2D eigenvalue weighted by atomic mass is 10.3. The molecule has 0 spiro atoms. The molecule has 128 valence electrons. The van der Waals surface area contributed by atoms with Crippen molar-refractivity contribution in [2.45, 2.75) is 19.9 Å². The van der Waals surface area contributed by atoms with Gasteiger partial charge in [0.05, 0.1) is 17.3 Å². The average molecular weight is 344 g/mol. The van der Waals surface area contributed by atoms with Crippen LogP contribution in [0.2, 0.25) is 0 Å². The average Bonchev–Trinajstić information content (AvgIpc) is 3.38. The summed E-state index contributed by atoms with van der Waals surface area (Å²) >= 11 is 0. The lowest BCUT2D eigenvalue weighted by Crippen LogP contribution is -2.11. The molecule has 8 nitrogen and oxygen atoms in total. The topological polar surface area (TPSA) is 78.7 Å². The first kappa shape index (κ1) is 14.8. The maximum Gasteiger partial charge on any atom is 0.176 e. The van der Waals surface area contributed by atoms with Crippen LogP contribution in [0.3, 0.4) is 0 Å². The fourth-order valence-electron chi connectivity index (χ4n) is 3.17. The second-order valence-electron chi connectivity index (χ2n) is 6.21. The molecular weight excluding hydrogens is 328 g/mol. The lowest BCUT2D eigenvalue weighted by molar-refractivity contribution is 0.523. The van der Waals surface area contributed by atoms with Crippen LogP contribution in [0, 0.1) is 6.92 Å². The highest BCUT2D eigenvalue weighted by molar-refractivity contribution is 5.89. The molecule has 0 saturated carbocycles. The Morgan fingerprint density at radius 2 is 1.85 bits per heavy atom. The van der Waals surface area contributed by atoms with Gasteiger partial charge in [-0.2, -0.15) is 10.2 Å². The number of nitrogens with zero attached hydrogens (tertiary/aromatic N) is 8. The summed E-state index contributed by atoms with van der Waals surface area (Å²) in [6.07, 6.45) is 5.25. The molecule has 0 unspecified atom stereocenters. The summed E-state index contributed by atoms with van der Waals surface area (Å²) in [4.78, 5) is 9.28.